The van der Waals surface area contributed by atoms with E-state index in [1.165, 1.54) is 24.3 Å². The molecule has 138 valence electrons. The fourth-order valence-electron chi connectivity index (χ4n) is 2.65. The van der Waals surface area contributed by atoms with Gasteiger partial charge in [-0.15, -0.1) is 11.3 Å². The highest BCUT2D eigenvalue weighted by molar-refractivity contribution is 7.94. The molecule has 0 saturated heterocycles. The van der Waals surface area contributed by atoms with Crippen LogP contribution in [0.25, 0.3) is 0 Å². The first-order chi connectivity index (χ1) is 12.8. The molecule has 6 nitrogen and oxygen atoms in total. The maximum Gasteiger partial charge on any atom is 0.271 e. The van der Waals surface area contributed by atoms with E-state index >= 15 is 0 Å². The summed E-state index contributed by atoms with van der Waals surface area (Å²) in [5.74, 6) is 0.487. The van der Waals surface area contributed by atoms with Crippen molar-refractivity contribution >= 4 is 50.2 Å². The van der Waals surface area contributed by atoms with Crippen molar-refractivity contribution < 1.29 is 17.9 Å². The fourth-order valence-corrected chi connectivity index (χ4v) is 5.18. The third kappa shape index (κ3) is 3.51. The van der Waals surface area contributed by atoms with Crippen LogP contribution in [-0.2, 0) is 10.0 Å². The van der Waals surface area contributed by atoms with Crippen molar-refractivity contribution in [1.82, 2.24) is 0 Å². The van der Waals surface area contributed by atoms with Gasteiger partial charge < -0.3 is 10.1 Å². The van der Waals surface area contributed by atoms with E-state index in [-0.39, 0.29) is 21.4 Å². The number of aryl methyl sites for hydroxylation is 1. The minimum atomic E-state index is -3.79. The predicted molar refractivity (Wildman–Crippen MR) is 106 cm³/mol. The number of sulfonamides is 1. The number of amides is 1. The van der Waals surface area contributed by atoms with Crippen LogP contribution in [0.5, 0.6) is 11.5 Å². The Kier molecular flexibility index (Phi) is 4.33. The van der Waals surface area contributed by atoms with Gasteiger partial charge in [0.15, 0.2) is 5.75 Å². The summed E-state index contributed by atoms with van der Waals surface area (Å²) in [6.45, 7) is 1.91. The van der Waals surface area contributed by atoms with Gasteiger partial charge in [0.25, 0.3) is 15.9 Å². The quantitative estimate of drug-likeness (QED) is 0.633. The molecule has 0 aliphatic carbocycles. The van der Waals surface area contributed by atoms with Crippen LogP contribution >= 0.6 is 22.9 Å². The first-order valence-electron chi connectivity index (χ1n) is 7.84. The minimum absolute atomic E-state index is 0.0889. The number of nitrogens with one attached hydrogen (secondary N) is 2. The van der Waals surface area contributed by atoms with Crippen LogP contribution in [0, 0.1) is 6.92 Å². The number of fused-ring (bicyclic) bond motifs is 2. The van der Waals surface area contributed by atoms with E-state index in [0.29, 0.717) is 21.5 Å². The third-order valence-electron chi connectivity index (χ3n) is 3.89. The highest BCUT2D eigenvalue weighted by atomic mass is 35.5. The lowest BCUT2D eigenvalue weighted by molar-refractivity contribution is 0.102. The van der Waals surface area contributed by atoms with Crippen LogP contribution in [0.1, 0.15) is 15.9 Å². The monoisotopic (exact) mass is 420 g/mol. The molecule has 0 fully saturated rings. The van der Waals surface area contributed by atoms with Gasteiger partial charge in [-0.1, -0.05) is 17.7 Å². The molecule has 2 N–H and O–H groups in total. The lowest BCUT2D eigenvalue weighted by Gasteiger charge is -2.10. The van der Waals surface area contributed by atoms with Crippen LogP contribution in [0.3, 0.4) is 0 Å². The molecule has 1 amide bonds. The lowest BCUT2D eigenvalue weighted by atomic mass is 10.1. The van der Waals surface area contributed by atoms with Gasteiger partial charge in [0.1, 0.15) is 9.96 Å². The molecule has 0 saturated carbocycles. The standard InChI is InChI=1S/C18H13ClN2O4S2/c1-10-2-4-15-13(8-10)20-18(22)12-9-11(3-5-14(12)25-15)21-27(23,24)17-7-6-16(19)26-17/h2-9,21H,1H3,(H,20,22). The van der Waals surface area contributed by atoms with E-state index < -0.39 is 10.0 Å². The van der Waals surface area contributed by atoms with Crippen LogP contribution < -0.4 is 14.8 Å². The highest BCUT2D eigenvalue weighted by Gasteiger charge is 2.23. The van der Waals surface area contributed by atoms with Crippen molar-refractivity contribution in [1.29, 1.82) is 0 Å². The molecule has 1 aromatic heterocycles. The van der Waals surface area contributed by atoms with Gasteiger partial charge in [-0.25, -0.2) is 8.42 Å². The van der Waals surface area contributed by atoms with Gasteiger partial charge in [0.2, 0.25) is 0 Å². The molecular formula is C18H13ClN2O4S2. The molecule has 2 heterocycles. The molecule has 27 heavy (non-hydrogen) atoms. The summed E-state index contributed by atoms with van der Waals surface area (Å²) < 4.78 is 33.7. The van der Waals surface area contributed by atoms with Gasteiger partial charge >= 0.3 is 0 Å². The number of carbonyl (C=O) groups is 1. The largest absolute Gasteiger partial charge is 0.454 e. The van der Waals surface area contributed by atoms with Crippen molar-refractivity contribution in [2.45, 2.75) is 11.1 Å². The molecule has 0 spiro atoms. The van der Waals surface area contributed by atoms with E-state index in [0.717, 1.165) is 16.9 Å². The highest BCUT2D eigenvalue weighted by Crippen LogP contribution is 2.37. The van der Waals surface area contributed by atoms with Crippen molar-refractivity contribution in [3.05, 3.63) is 64.0 Å². The number of thiophene rings is 1. The van der Waals surface area contributed by atoms with Gasteiger partial charge in [-0.05, 0) is 55.0 Å². The minimum Gasteiger partial charge on any atom is -0.454 e. The molecule has 1 aliphatic rings. The predicted octanol–water partition coefficient (Wildman–Crippen LogP) is 4.87. The van der Waals surface area contributed by atoms with Gasteiger partial charge in [0, 0.05) is 5.69 Å². The van der Waals surface area contributed by atoms with Crippen LogP contribution in [0.15, 0.2) is 52.7 Å². The zero-order chi connectivity index (χ0) is 19.2. The average molecular weight is 421 g/mol. The second kappa shape index (κ2) is 6.56. The molecule has 0 unspecified atom stereocenters. The van der Waals surface area contributed by atoms with Crippen molar-refractivity contribution in [2.24, 2.45) is 0 Å². The van der Waals surface area contributed by atoms with Crippen LogP contribution in [0.2, 0.25) is 4.34 Å². The van der Waals surface area contributed by atoms with Gasteiger partial charge in [-0.3, -0.25) is 9.52 Å². The normalized spacial score (nSPS) is 13.0. The number of ether oxygens (including phenoxy) is 1. The number of anilines is 2. The van der Waals surface area contributed by atoms with Crippen molar-refractivity contribution in [2.75, 3.05) is 10.0 Å². The Labute approximate surface area is 164 Å². The second-order valence-corrected chi connectivity index (χ2v) is 9.56. The number of hydrogen-bond acceptors (Lipinski definition) is 5. The molecule has 4 rings (SSSR count). The first kappa shape index (κ1) is 17.8. The number of rotatable bonds is 3. The first-order valence-corrected chi connectivity index (χ1v) is 10.5. The average Bonchev–Trinajstić information content (AvgIpc) is 3.00. The zero-order valence-electron chi connectivity index (χ0n) is 13.9. The summed E-state index contributed by atoms with van der Waals surface area (Å²) in [4.78, 5) is 12.6. The molecule has 2 aromatic carbocycles. The second-order valence-electron chi connectivity index (χ2n) is 5.93. The Morgan fingerprint density at radius 2 is 1.85 bits per heavy atom. The van der Waals surface area contributed by atoms with Gasteiger partial charge in [0.05, 0.1) is 15.6 Å². The zero-order valence-corrected chi connectivity index (χ0v) is 16.3. The third-order valence-corrected chi connectivity index (χ3v) is 7.00. The van der Waals surface area contributed by atoms with E-state index in [2.05, 4.69) is 10.0 Å². The number of hydrogen-bond donors (Lipinski definition) is 2. The Bertz CT molecular complexity index is 1170. The van der Waals surface area contributed by atoms with Crippen LogP contribution in [-0.4, -0.2) is 14.3 Å². The Hall–Kier alpha value is -2.55. The lowest BCUT2D eigenvalue weighted by Crippen LogP contribution is -2.14. The number of benzene rings is 2. The van der Waals surface area contributed by atoms with E-state index in [1.54, 1.807) is 12.1 Å². The maximum atomic E-state index is 12.6. The molecule has 3 aromatic rings. The van der Waals surface area contributed by atoms with Gasteiger partial charge in [-0.2, -0.15) is 0 Å². The van der Waals surface area contributed by atoms with Crippen molar-refractivity contribution in [3.8, 4) is 11.5 Å². The molecule has 0 radical (unpaired) electrons. The summed E-state index contributed by atoms with van der Waals surface area (Å²) in [6, 6.07) is 12.9. The summed E-state index contributed by atoms with van der Waals surface area (Å²) in [5.41, 5.74) is 2.02. The Morgan fingerprint density at radius 1 is 1.07 bits per heavy atom. The topological polar surface area (TPSA) is 84.5 Å². The molecular weight excluding hydrogens is 408 g/mol. The molecule has 0 bridgehead atoms. The summed E-state index contributed by atoms with van der Waals surface area (Å²) in [5, 5.41) is 2.79. The summed E-state index contributed by atoms with van der Waals surface area (Å²) in [7, 11) is -3.79. The number of halogens is 1. The van der Waals surface area contributed by atoms with E-state index in [9.17, 15) is 13.2 Å². The van der Waals surface area contributed by atoms with E-state index in [1.807, 2.05) is 19.1 Å². The Morgan fingerprint density at radius 3 is 2.59 bits per heavy atom. The SMILES string of the molecule is Cc1ccc2c(c1)NC(=O)c1cc(NS(=O)(=O)c3ccc(Cl)s3)ccc1O2. The van der Waals surface area contributed by atoms with Crippen LogP contribution in [0.4, 0.5) is 11.4 Å². The maximum absolute atomic E-state index is 12.6. The molecule has 0 atom stereocenters. The van der Waals surface area contributed by atoms with E-state index in [4.69, 9.17) is 16.3 Å². The Balaban J connectivity index is 1.68. The number of carbonyl (C=O) groups excluding carboxylic acids is 1. The summed E-state index contributed by atoms with van der Waals surface area (Å²) in [6.07, 6.45) is 0. The summed E-state index contributed by atoms with van der Waals surface area (Å²) >= 11 is 6.76. The molecule has 1 aliphatic heterocycles. The smallest absolute Gasteiger partial charge is 0.271 e. The molecule has 9 heteroatoms. The van der Waals surface area contributed by atoms with Crippen molar-refractivity contribution in [3.63, 3.8) is 0 Å². The fraction of sp³-hybridized carbons (Fsp3) is 0.0556.